The zero-order valence-electron chi connectivity index (χ0n) is 23.4. The molecule has 11 N–H and O–H groups in total. The van der Waals surface area contributed by atoms with E-state index in [9.17, 15) is 48.0 Å². The van der Waals surface area contributed by atoms with E-state index in [1.807, 2.05) is 0 Å². The van der Waals surface area contributed by atoms with Crippen molar-refractivity contribution < 1.29 is 61.6 Å². The number of nitrogens with zero attached hydrogens (tertiary/aromatic N) is 4. The number of phosphoric acid groups is 1. The number of amides is 5. The van der Waals surface area contributed by atoms with Crippen LogP contribution in [0.4, 0.5) is 5.82 Å². The van der Waals surface area contributed by atoms with Crippen LogP contribution in [0, 0.1) is 0 Å². The van der Waals surface area contributed by atoms with Crippen LogP contribution in [0.2, 0.25) is 0 Å². The Kier molecular flexibility index (Phi) is 11.0. The van der Waals surface area contributed by atoms with E-state index in [2.05, 4.69) is 45.8 Å². The number of nitrogens with two attached hydrogens (primary N) is 1. The highest BCUT2D eigenvalue weighted by molar-refractivity contribution is 7.62. The molecule has 2 unspecified atom stereocenters. The lowest BCUT2D eigenvalue weighted by molar-refractivity contribution is -0.129. The van der Waals surface area contributed by atoms with Crippen molar-refractivity contribution in [3.05, 3.63) is 12.7 Å². The van der Waals surface area contributed by atoms with Crippen molar-refractivity contribution in [1.82, 2.24) is 51.2 Å². The van der Waals surface area contributed by atoms with Gasteiger partial charge in [-0.25, -0.2) is 29.2 Å². The summed E-state index contributed by atoms with van der Waals surface area (Å²) in [6, 6.07) is -1.40. The van der Waals surface area contributed by atoms with Gasteiger partial charge in [0.05, 0.1) is 51.7 Å². The summed E-state index contributed by atoms with van der Waals surface area (Å²) in [5.74, 6) is -4.31. The predicted octanol–water partition coefficient (Wildman–Crippen LogP) is -5.55. The molecule has 2 saturated heterocycles. The van der Waals surface area contributed by atoms with Gasteiger partial charge >= 0.3 is 15.6 Å². The number of anilines is 1. The molecule has 252 valence electrons. The average molecular weight is 693 g/mol. The Labute approximate surface area is 257 Å². The molecule has 2 fully saturated rings. The molecule has 6 atom stereocenters. The third-order valence-corrected chi connectivity index (χ3v) is 8.95. The molecule has 0 aromatic carbocycles. The summed E-state index contributed by atoms with van der Waals surface area (Å²) >= 11 is 0. The molecule has 0 saturated carbocycles. The average Bonchev–Trinajstić information content (AvgIpc) is 3.55. The van der Waals surface area contributed by atoms with Crippen LogP contribution >= 0.6 is 15.6 Å². The second-order valence-electron chi connectivity index (χ2n) is 9.54. The highest BCUT2D eigenvalue weighted by atomic mass is 31.3. The molecule has 0 spiro atoms. The van der Waals surface area contributed by atoms with Crippen molar-refractivity contribution >= 4 is 62.1 Å². The first-order valence-electron chi connectivity index (χ1n) is 13.0. The Balaban J connectivity index is 1.54. The van der Waals surface area contributed by atoms with Crippen LogP contribution in [0.15, 0.2) is 12.7 Å². The van der Waals surface area contributed by atoms with Gasteiger partial charge in [-0.2, -0.15) is 4.31 Å². The van der Waals surface area contributed by atoms with E-state index in [0.717, 1.165) is 6.33 Å². The summed E-state index contributed by atoms with van der Waals surface area (Å²) in [6.07, 6.45) is -2.09. The van der Waals surface area contributed by atoms with E-state index < -0.39 is 109 Å². The number of phosphoric ester groups is 1. The zero-order chi connectivity index (χ0) is 33.6. The van der Waals surface area contributed by atoms with Crippen LogP contribution in [-0.4, -0.2) is 122 Å². The van der Waals surface area contributed by atoms with Crippen molar-refractivity contribution in [2.75, 3.05) is 45.1 Å². The van der Waals surface area contributed by atoms with Crippen LogP contribution in [0.5, 0.6) is 0 Å². The van der Waals surface area contributed by atoms with Crippen molar-refractivity contribution in [3.8, 4) is 0 Å². The Bertz CT molecular complexity index is 1610. The lowest BCUT2D eigenvalue weighted by Crippen LogP contribution is -2.51. The molecule has 0 aliphatic carbocycles. The molecule has 46 heavy (non-hydrogen) atoms. The molecular formula is C20H29N11O13P2. The van der Waals surface area contributed by atoms with Crippen LogP contribution in [0.25, 0.3) is 11.2 Å². The standard InChI is InChI=1S/C20H29N11O13P2/c21-18-16-19(27-7-26-18)31(8-28-16)20-17(37)15-9(43-20)6-42-46(40,41)44-45(38,39)29-5-13(35)24-3-11(33)22-1-10(32)23-2-12(34)25-4-14(36)30-15/h7-9,15,17,20,37H,1-6H2,(H,22,33)(H,23,32)(H,24,35)(H,25,34)(H,30,36)(H,40,41)(H2,21,26,27)(H2,29,38,39)/t9-,15-,17-,20-/m1/s1. The fourth-order valence-corrected chi connectivity index (χ4v) is 6.30. The smallest absolute Gasteiger partial charge is 0.386 e. The number of carbonyl (C=O) groups excluding carboxylic acids is 5. The van der Waals surface area contributed by atoms with Crippen molar-refractivity contribution in [3.63, 3.8) is 0 Å². The highest BCUT2D eigenvalue weighted by Crippen LogP contribution is 2.57. The lowest BCUT2D eigenvalue weighted by atomic mass is 10.1. The molecule has 5 amide bonds. The number of hydrogen-bond donors (Lipinski definition) is 10. The molecule has 4 rings (SSSR count). The summed E-state index contributed by atoms with van der Waals surface area (Å²) in [6.45, 7) is -4.37. The van der Waals surface area contributed by atoms with E-state index >= 15 is 0 Å². The minimum atomic E-state index is -5.40. The Hall–Kier alpha value is -4.12. The van der Waals surface area contributed by atoms with Crippen LogP contribution in [0.1, 0.15) is 6.23 Å². The summed E-state index contributed by atoms with van der Waals surface area (Å²) in [5, 5.41) is 23.9. The SMILES string of the molecule is Nc1ncnc2c1ncn2[C@@H]1O[C@@H]2COP(=O)(O)OP(=O)(O)NCC(=O)NCC(=O)NCC(=O)NCC(=O)NCC(=O)N[C@H]2[C@H]1O. The van der Waals surface area contributed by atoms with Gasteiger partial charge in [0.1, 0.15) is 24.1 Å². The summed E-state index contributed by atoms with van der Waals surface area (Å²) in [4.78, 5) is 92.6. The van der Waals surface area contributed by atoms with Crippen molar-refractivity contribution in [2.45, 2.75) is 24.5 Å². The highest BCUT2D eigenvalue weighted by Gasteiger charge is 2.47. The van der Waals surface area contributed by atoms with E-state index in [1.165, 1.54) is 10.9 Å². The number of nitrogens with one attached hydrogen (secondary N) is 6. The third kappa shape index (κ3) is 9.22. The molecule has 2 aromatic rings. The monoisotopic (exact) mass is 693 g/mol. The molecule has 2 aliphatic heterocycles. The number of nitrogen functional groups attached to an aromatic ring is 1. The van der Waals surface area contributed by atoms with Gasteiger partial charge in [0.25, 0.3) is 0 Å². The van der Waals surface area contributed by atoms with Crippen molar-refractivity contribution in [2.24, 2.45) is 0 Å². The molecule has 0 radical (unpaired) electrons. The summed E-state index contributed by atoms with van der Waals surface area (Å²) in [5.41, 5.74) is 6.07. The molecule has 4 heterocycles. The van der Waals surface area contributed by atoms with Gasteiger partial charge in [-0.15, -0.1) is 0 Å². The van der Waals surface area contributed by atoms with Gasteiger partial charge in [0.2, 0.25) is 29.5 Å². The van der Waals surface area contributed by atoms with E-state index in [0.29, 0.717) is 0 Å². The second-order valence-corrected chi connectivity index (χ2v) is 12.7. The number of aliphatic hydroxyl groups excluding tert-OH is 1. The van der Waals surface area contributed by atoms with Crippen LogP contribution < -0.4 is 37.4 Å². The number of carbonyl (C=O) groups is 5. The maximum Gasteiger partial charge on any atom is 0.480 e. The van der Waals surface area contributed by atoms with Gasteiger partial charge in [-0.1, -0.05) is 0 Å². The number of ether oxygens (including phenoxy) is 1. The third-order valence-electron chi connectivity index (χ3n) is 6.20. The number of hydrogen-bond acceptors (Lipinski definition) is 15. The quantitative estimate of drug-likeness (QED) is 0.124. The van der Waals surface area contributed by atoms with E-state index in [-0.39, 0.29) is 17.0 Å². The predicted molar refractivity (Wildman–Crippen MR) is 148 cm³/mol. The number of rotatable bonds is 1. The maximum absolute atomic E-state index is 12.7. The van der Waals surface area contributed by atoms with E-state index in [1.54, 1.807) is 5.09 Å². The first kappa shape index (κ1) is 34.7. The molecule has 26 heteroatoms. The van der Waals surface area contributed by atoms with Gasteiger partial charge in [0, 0.05) is 0 Å². The Morgan fingerprint density at radius 3 is 2.02 bits per heavy atom. The summed E-state index contributed by atoms with van der Waals surface area (Å²) < 4.78 is 41.0. The topological polar surface area (TPSA) is 350 Å². The number of fused-ring (bicyclic) bond motifs is 2. The van der Waals surface area contributed by atoms with Gasteiger partial charge < -0.3 is 51.9 Å². The number of imidazole rings is 1. The molecular weight excluding hydrogens is 664 g/mol. The van der Waals surface area contributed by atoms with E-state index in [4.69, 9.17) is 15.0 Å². The molecule has 0 bridgehead atoms. The fraction of sp³-hybridized carbons (Fsp3) is 0.500. The van der Waals surface area contributed by atoms with Crippen LogP contribution in [-0.2, 0) is 46.7 Å². The maximum atomic E-state index is 12.7. The fourth-order valence-electron chi connectivity index (χ4n) is 4.08. The van der Waals surface area contributed by atoms with Gasteiger partial charge in [-0.3, -0.25) is 33.1 Å². The molecule has 2 aliphatic rings. The second kappa shape index (κ2) is 14.5. The minimum absolute atomic E-state index is 0.00714. The number of aromatic nitrogens is 4. The normalized spacial score (nSPS) is 31.6. The van der Waals surface area contributed by atoms with Gasteiger partial charge in [-0.05, 0) is 0 Å². The lowest BCUT2D eigenvalue weighted by Gasteiger charge is -2.23. The van der Waals surface area contributed by atoms with Crippen LogP contribution in [0.3, 0.4) is 0 Å². The first-order chi connectivity index (χ1) is 21.6. The molecule has 2 aromatic heterocycles. The zero-order valence-corrected chi connectivity index (χ0v) is 25.2. The van der Waals surface area contributed by atoms with Gasteiger partial charge in [0.15, 0.2) is 17.7 Å². The Morgan fingerprint density at radius 2 is 1.41 bits per heavy atom. The largest absolute Gasteiger partial charge is 0.480 e. The number of aliphatic hydroxyl groups is 1. The van der Waals surface area contributed by atoms with Crippen molar-refractivity contribution in [1.29, 1.82) is 0 Å². The Morgan fingerprint density at radius 1 is 0.848 bits per heavy atom. The molecule has 24 nitrogen and oxygen atoms in total. The first-order valence-corrected chi connectivity index (χ1v) is 16.1. The minimum Gasteiger partial charge on any atom is -0.386 e. The summed E-state index contributed by atoms with van der Waals surface area (Å²) in [7, 11) is -10.6.